The molecule has 0 aliphatic carbocycles. The first-order valence-corrected chi connectivity index (χ1v) is 17.1. The molecule has 0 bridgehead atoms. The zero-order valence-corrected chi connectivity index (χ0v) is 27.3. The van der Waals surface area contributed by atoms with E-state index < -0.39 is 0 Å². The molecule has 0 spiro atoms. The molecule has 0 atom stereocenters. The first-order chi connectivity index (χ1) is 24.8. The van der Waals surface area contributed by atoms with E-state index >= 15 is 0 Å². The highest BCUT2D eigenvalue weighted by Gasteiger charge is 2.23. The lowest BCUT2D eigenvalue weighted by atomic mass is 9.93. The van der Waals surface area contributed by atoms with Crippen molar-refractivity contribution < 1.29 is 4.42 Å². The van der Waals surface area contributed by atoms with E-state index in [2.05, 4.69) is 193 Å². The van der Waals surface area contributed by atoms with Crippen LogP contribution in [-0.4, -0.2) is 0 Å². The van der Waals surface area contributed by atoms with Gasteiger partial charge in [0.2, 0.25) is 0 Å². The van der Waals surface area contributed by atoms with Crippen molar-refractivity contribution in [3.8, 4) is 22.3 Å². The summed E-state index contributed by atoms with van der Waals surface area (Å²) in [7, 11) is 0. The van der Waals surface area contributed by atoms with Crippen LogP contribution in [0.1, 0.15) is 0 Å². The van der Waals surface area contributed by atoms with E-state index in [1.165, 1.54) is 49.2 Å². The van der Waals surface area contributed by atoms with E-state index in [9.17, 15) is 0 Å². The van der Waals surface area contributed by atoms with Crippen LogP contribution in [0.2, 0.25) is 0 Å². The summed E-state index contributed by atoms with van der Waals surface area (Å²) in [5, 5.41) is 9.33. The molecule has 0 unspecified atom stereocenters. The first-order valence-electron chi connectivity index (χ1n) is 17.1. The number of rotatable bonds is 5. The number of hydrogen-bond acceptors (Lipinski definition) is 2. The van der Waals surface area contributed by atoms with E-state index in [4.69, 9.17) is 4.42 Å². The molecule has 0 aliphatic rings. The molecule has 0 aliphatic heterocycles. The number of fused-ring (bicyclic) bond motifs is 7. The zero-order valence-electron chi connectivity index (χ0n) is 27.3. The van der Waals surface area contributed by atoms with Crippen molar-refractivity contribution in [2.75, 3.05) is 4.90 Å². The average Bonchev–Trinajstić information content (AvgIpc) is 3.58. The average molecular weight is 638 g/mol. The molecule has 234 valence electrons. The summed E-state index contributed by atoms with van der Waals surface area (Å²) in [6, 6.07) is 67.5. The Bertz CT molecular complexity index is 2880. The molecule has 0 amide bonds. The number of anilines is 3. The second kappa shape index (κ2) is 11.5. The Morgan fingerprint density at radius 2 is 1.02 bits per heavy atom. The second-order valence-electron chi connectivity index (χ2n) is 12.9. The Morgan fingerprint density at radius 3 is 1.90 bits per heavy atom. The van der Waals surface area contributed by atoms with Crippen LogP contribution in [0.25, 0.3) is 76.5 Å². The van der Waals surface area contributed by atoms with Crippen molar-refractivity contribution in [3.63, 3.8) is 0 Å². The fraction of sp³-hybridized carbons (Fsp3) is 0. The lowest BCUT2D eigenvalue weighted by Gasteiger charge is -2.28. The van der Waals surface area contributed by atoms with Crippen LogP contribution in [0, 0.1) is 0 Å². The van der Waals surface area contributed by atoms with Gasteiger partial charge in [-0.05, 0) is 86.3 Å². The predicted molar refractivity (Wildman–Crippen MR) is 212 cm³/mol. The molecule has 9 aromatic carbocycles. The quantitative estimate of drug-likeness (QED) is 0.187. The van der Waals surface area contributed by atoms with E-state index in [1.54, 1.807) is 0 Å². The Kier molecular flexibility index (Phi) is 6.53. The Labute approximate surface area is 290 Å². The van der Waals surface area contributed by atoms with E-state index in [1.807, 2.05) is 0 Å². The minimum absolute atomic E-state index is 0.864. The van der Waals surface area contributed by atoms with Crippen molar-refractivity contribution in [1.29, 1.82) is 0 Å². The smallest absolute Gasteiger partial charge is 0.143 e. The predicted octanol–water partition coefficient (Wildman–Crippen LogP) is 13.8. The number of furan rings is 1. The Hall–Kier alpha value is -6.64. The van der Waals surface area contributed by atoms with Gasteiger partial charge in [0.15, 0.2) is 0 Å². The van der Waals surface area contributed by atoms with Gasteiger partial charge in [-0.2, -0.15) is 0 Å². The standard InChI is InChI=1S/C48H31NO/c1-2-13-32(14-3-1)36-19-10-20-38(30-36)49(44-24-11-18-34-16-6-7-21-39(34)44)45-25-12-26-46-47(45)43-31-42(40-22-8-9-23-41(40)48(43)50-46)37-28-27-33-15-4-5-17-35(33)29-37/h1-31H. The third-order valence-electron chi connectivity index (χ3n) is 10.0. The summed E-state index contributed by atoms with van der Waals surface area (Å²) < 4.78 is 6.84. The topological polar surface area (TPSA) is 16.4 Å². The van der Waals surface area contributed by atoms with Crippen LogP contribution in [-0.2, 0) is 0 Å². The molecule has 0 radical (unpaired) electrons. The molecule has 0 saturated heterocycles. The largest absolute Gasteiger partial charge is 0.455 e. The van der Waals surface area contributed by atoms with Crippen LogP contribution in [0.4, 0.5) is 17.1 Å². The summed E-state index contributed by atoms with van der Waals surface area (Å²) >= 11 is 0. The van der Waals surface area contributed by atoms with Crippen LogP contribution >= 0.6 is 0 Å². The van der Waals surface area contributed by atoms with Crippen molar-refractivity contribution in [2.24, 2.45) is 0 Å². The van der Waals surface area contributed by atoms with Gasteiger partial charge in [0.25, 0.3) is 0 Å². The molecule has 10 rings (SSSR count). The summed E-state index contributed by atoms with van der Waals surface area (Å²) in [6.45, 7) is 0. The molecule has 1 heterocycles. The maximum atomic E-state index is 6.84. The molecule has 2 nitrogen and oxygen atoms in total. The van der Waals surface area contributed by atoms with Crippen LogP contribution < -0.4 is 4.90 Å². The Balaban J connectivity index is 1.29. The van der Waals surface area contributed by atoms with Gasteiger partial charge in [0.1, 0.15) is 11.2 Å². The van der Waals surface area contributed by atoms with Gasteiger partial charge in [0.05, 0.1) is 16.8 Å². The maximum absolute atomic E-state index is 6.84. The number of benzene rings is 9. The SMILES string of the molecule is c1ccc(-c2cccc(N(c3cccc4ccccc34)c3cccc4oc5c6ccccc6c(-c6ccc7ccccc7c6)cc5c34)c2)cc1. The fourth-order valence-corrected chi connectivity index (χ4v) is 7.68. The molecule has 1 aromatic heterocycles. The highest BCUT2D eigenvalue weighted by atomic mass is 16.3. The minimum Gasteiger partial charge on any atom is -0.455 e. The molecule has 2 heteroatoms. The van der Waals surface area contributed by atoms with Gasteiger partial charge < -0.3 is 9.32 Å². The highest BCUT2D eigenvalue weighted by Crippen LogP contribution is 2.48. The lowest BCUT2D eigenvalue weighted by molar-refractivity contribution is 0.672. The maximum Gasteiger partial charge on any atom is 0.143 e. The van der Waals surface area contributed by atoms with Crippen LogP contribution in [0.5, 0.6) is 0 Å². The summed E-state index contributed by atoms with van der Waals surface area (Å²) in [6.07, 6.45) is 0. The molecule has 10 aromatic rings. The van der Waals surface area contributed by atoms with Gasteiger partial charge in [-0.15, -0.1) is 0 Å². The molecule has 0 saturated carbocycles. The second-order valence-corrected chi connectivity index (χ2v) is 12.9. The van der Waals surface area contributed by atoms with E-state index in [-0.39, 0.29) is 0 Å². The fourth-order valence-electron chi connectivity index (χ4n) is 7.68. The highest BCUT2D eigenvalue weighted by molar-refractivity contribution is 6.23. The zero-order chi connectivity index (χ0) is 33.0. The van der Waals surface area contributed by atoms with Gasteiger partial charge in [-0.25, -0.2) is 0 Å². The van der Waals surface area contributed by atoms with E-state index in [0.717, 1.165) is 44.4 Å². The van der Waals surface area contributed by atoms with Gasteiger partial charge in [-0.3, -0.25) is 0 Å². The lowest BCUT2D eigenvalue weighted by Crippen LogP contribution is -2.11. The van der Waals surface area contributed by atoms with Crippen molar-refractivity contribution in [2.45, 2.75) is 0 Å². The monoisotopic (exact) mass is 637 g/mol. The normalized spacial score (nSPS) is 11.6. The molecular weight excluding hydrogens is 607 g/mol. The third kappa shape index (κ3) is 4.57. The number of hydrogen-bond donors (Lipinski definition) is 0. The van der Waals surface area contributed by atoms with Crippen LogP contribution in [0.15, 0.2) is 192 Å². The summed E-state index contributed by atoms with van der Waals surface area (Å²) in [5.41, 5.74) is 9.78. The van der Waals surface area contributed by atoms with Gasteiger partial charge in [-0.1, -0.05) is 146 Å². The first kappa shape index (κ1) is 28.4. The minimum atomic E-state index is 0.864. The third-order valence-corrected chi connectivity index (χ3v) is 10.0. The van der Waals surface area contributed by atoms with Crippen molar-refractivity contribution >= 4 is 71.3 Å². The molecule has 50 heavy (non-hydrogen) atoms. The summed E-state index contributed by atoms with van der Waals surface area (Å²) in [4.78, 5) is 2.41. The van der Waals surface area contributed by atoms with Crippen LogP contribution in [0.3, 0.4) is 0 Å². The molecule has 0 fully saturated rings. The Morgan fingerprint density at radius 1 is 0.360 bits per heavy atom. The van der Waals surface area contributed by atoms with Gasteiger partial charge >= 0.3 is 0 Å². The van der Waals surface area contributed by atoms with Crippen molar-refractivity contribution in [3.05, 3.63) is 188 Å². The van der Waals surface area contributed by atoms with Gasteiger partial charge in [0, 0.05) is 21.8 Å². The van der Waals surface area contributed by atoms with E-state index in [0.29, 0.717) is 0 Å². The van der Waals surface area contributed by atoms with Crippen molar-refractivity contribution in [1.82, 2.24) is 0 Å². The molecular formula is C48H31NO. The number of nitrogens with zero attached hydrogens (tertiary/aromatic N) is 1. The summed E-state index contributed by atoms with van der Waals surface area (Å²) in [5.74, 6) is 0. The molecule has 0 N–H and O–H groups in total.